The normalized spacial score (nSPS) is 21.7. The van der Waals surface area contributed by atoms with E-state index in [1.807, 2.05) is 0 Å². The lowest BCUT2D eigenvalue weighted by molar-refractivity contribution is 0.230. The number of aromatic nitrogens is 1. The molecule has 122 valence electrons. The van der Waals surface area contributed by atoms with E-state index in [9.17, 15) is 0 Å². The second-order valence-electron chi connectivity index (χ2n) is 7.22. The highest BCUT2D eigenvalue weighted by Gasteiger charge is 2.35. The average molecular weight is 309 g/mol. The molecule has 3 heteroatoms. The molecule has 2 aliphatic heterocycles. The van der Waals surface area contributed by atoms with Gasteiger partial charge in [0.2, 0.25) is 0 Å². The standard InChI is InChI=1S/C20H27N3/c1-2-6-18-17(5-1)7-8-19(22-18)20(9-12-21-13-10-20)11-16-23-14-3-4-15-23/h1-2,5-8,21H,3-4,9-16H2. The lowest BCUT2D eigenvalue weighted by atomic mass is 9.73. The predicted octanol–water partition coefficient (Wildman–Crippen LogP) is 3.34. The quantitative estimate of drug-likeness (QED) is 0.939. The maximum absolute atomic E-state index is 5.07. The molecule has 0 unspecified atom stereocenters. The first-order valence-corrected chi connectivity index (χ1v) is 9.15. The summed E-state index contributed by atoms with van der Waals surface area (Å²) in [5.74, 6) is 0. The Hall–Kier alpha value is -1.45. The number of fused-ring (bicyclic) bond motifs is 1. The second kappa shape index (κ2) is 6.58. The van der Waals surface area contributed by atoms with Crippen LogP contribution in [-0.2, 0) is 5.41 Å². The molecular formula is C20H27N3. The Labute approximate surface area is 139 Å². The van der Waals surface area contributed by atoms with E-state index in [4.69, 9.17) is 4.98 Å². The highest BCUT2D eigenvalue weighted by Crippen LogP contribution is 2.37. The maximum atomic E-state index is 5.07. The van der Waals surface area contributed by atoms with E-state index in [1.165, 1.54) is 62.8 Å². The largest absolute Gasteiger partial charge is 0.317 e. The first-order chi connectivity index (χ1) is 11.4. The fourth-order valence-electron chi connectivity index (χ4n) is 4.28. The number of piperidine rings is 1. The van der Waals surface area contributed by atoms with Crippen molar-refractivity contribution in [2.75, 3.05) is 32.7 Å². The van der Waals surface area contributed by atoms with Crippen molar-refractivity contribution in [3.63, 3.8) is 0 Å². The Kier molecular flexibility index (Phi) is 4.32. The maximum Gasteiger partial charge on any atom is 0.0705 e. The number of para-hydroxylation sites is 1. The van der Waals surface area contributed by atoms with E-state index >= 15 is 0 Å². The van der Waals surface area contributed by atoms with Crippen molar-refractivity contribution in [2.45, 2.75) is 37.5 Å². The molecule has 2 fully saturated rings. The molecule has 2 saturated heterocycles. The van der Waals surface area contributed by atoms with Gasteiger partial charge in [-0.3, -0.25) is 4.98 Å². The van der Waals surface area contributed by atoms with E-state index in [2.05, 4.69) is 46.6 Å². The van der Waals surface area contributed by atoms with Crippen LogP contribution in [0, 0.1) is 0 Å². The molecule has 4 rings (SSSR count). The molecule has 0 spiro atoms. The summed E-state index contributed by atoms with van der Waals surface area (Å²) in [7, 11) is 0. The van der Waals surface area contributed by atoms with Gasteiger partial charge in [-0.05, 0) is 77.0 Å². The van der Waals surface area contributed by atoms with Gasteiger partial charge in [-0.25, -0.2) is 0 Å². The molecule has 23 heavy (non-hydrogen) atoms. The summed E-state index contributed by atoms with van der Waals surface area (Å²) in [6.07, 6.45) is 6.43. The zero-order chi connectivity index (χ0) is 15.5. The summed E-state index contributed by atoms with van der Waals surface area (Å²) in [5, 5.41) is 4.78. The third kappa shape index (κ3) is 3.13. The van der Waals surface area contributed by atoms with Gasteiger partial charge < -0.3 is 10.2 Å². The third-order valence-electron chi connectivity index (χ3n) is 5.81. The molecule has 0 saturated carbocycles. The number of hydrogen-bond donors (Lipinski definition) is 1. The molecule has 0 atom stereocenters. The Balaban J connectivity index is 1.62. The van der Waals surface area contributed by atoms with Gasteiger partial charge in [0.25, 0.3) is 0 Å². The number of nitrogens with zero attached hydrogens (tertiary/aromatic N) is 2. The van der Waals surface area contributed by atoms with Crippen molar-refractivity contribution in [2.24, 2.45) is 0 Å². The third-order valence-corrected chi connectivity index (χ3v) is 5.81. The summed E-state index contributed by atoms with van der Waals surface area (Å²) in [6, 6.07) is 13.0. The van der Waals surface area contributed by atoms with Crippen LogP contribution in [0.5, 0.6) is 0 Å². The molecule has 1 N–H and O–H groups in total. The first-order valence-electron chi connectivity index (χ1n) is 9.15. The van der Waals surface area contributed by atoms with Crippen LogP contribution in [0.2, 0.25) is 0 Å². The highest BCUT2D eigenvalue weighted by atomic mass is 15.1. The van der Waals surface area contributed by atoms with Crippen LogP contribution in [-0.4, -0.2) is 42.6 Å². The number of rotatable bonds is 4. The van der Waals surface area contributed by atoms with Crippen molar-refractivity contribution in [3.8, 4) is 0 Å². The minimum atomic E-state index is 0.262. The summed E-state index contributed by atoms with van der Waals surface area (Å²) in [5.41, 5.74) is 2.72. The summed E-state index contributed by atoms with van der Waals surface area (Å²) < 4.78 is 0. The van der Waals surface area contributed by atoms with Crippen molar-refractivity contribution in [1.29, 1.82) is 0 Å². The van der Waals surface area contributed by atoms with Crippen LogP contribution in [0.4, 0.5) is 0 Å². The molecule has 0 bridgehead atoms. The van der Waals surface area contributed by atoms with Gasteiger partial charge in [0.1, 0.15) is 0 Å². The highest BCUT2D eigenvalue weighted by molar-refractivity contribution is 5.78. The van der Waals surface area contributed by atoms with Crippen LogP contribution in [0.25, 0.3) is 10.9 Å². The Morgan fingerprint density at radius 3 is 2.61 bits per heavy atom. The zero-order valence-electron chi connectivity index (χ0n) is 13.9. The first kappa shape index (κ1) is 15.1. The molecule has 3 nitrogen and oxygen atoms in total. The number of hydrogen-bond acceptors (Lipinski definition) is 3. The van der Waals surface area contributed by atoms with E-state index in [-0.39, 0.29) is 5.41 Å². The number of benzene rings is 1. The number of nitrogens with one attached hydrogen (secondary N) is 1. The minimum absolute atomic E-state index is 0.262. The van der Waals surface area contributed by atoms with Crippen LogP contribution in [0.15, 0.2) is 36.4 Å². The second-order valence-corrected chi connectivity index (χ2v) is 7.22. The molecule has 0 aliphatic carbocycles. The summed E-state index contributed by atoms with van der Waals surface area (Å²) in [6.45, 7) is 6.05. The van der Waals surface area contributed by atoms with Crippen molar-refractivity contribution in [3.05, 3.63) is 42.1 Å². The van der Waals surface area contributed by atoms with E-state index in [0.29, 0.717) is 0 Å². The molecule has 0 radical (unpaired) electrons. The zero-order valence-corrected chi connectivity index (χ0v) is 13.9. The molecule has 2 aromatic rings. The number of likely N-dealkylation sites (tertiary alicyclic amines) is 1. The fraction of sp³-hybridized carbons (Fsp3) is 0.550. The van der Waals surface area contributed by atoms with Gasteiger partial charge in [0.05, 0.1) is 5.52 Å². The Bertz CT molecular complexity index is 655. The molecule has 0 amide bonds. The lowest BCUT2D eigenvalue weighted by Crippen LogP contribution is -2.42. The van der Waals surface area contributed by atoms with Crippen LogP contribution in [0.3, 0.4) is 0 Å². The summed E-state index contributed by atoms with van der Waals surface area (Å²) in [4.78, 5) is 7.71. The summed E-state index contributed by atoms with van der Waals surface area (Å²) >= 11 is 0. The topological polar surface area (TPSA) is 28.2 Å². The van der Waals surface area contributed by atoms with Gasteiger partial charge in [-0.1, -0.05) is 24.3 Å². The lowest BCUT2D eigenvalue weighted by Gasteiger charge is -2.38. The molecule has 1 aromatic carbocycles. The van der Waals surface area contributed by atoms with Crippen LogP contribution < -0.4 is 5.32 Å². The van der Waals surface area contributed by atoms with Crippen molar-refractivity contribution >= 4 is 10.9 Å². The molecule has 1 aromatic heterocycles. The molecular weight excluding hydrogens is 282 g/mol. The minimum Gasteiger partial charge on any atom is -0.317 e. The fourth-order valence-corrected chi connectivity index (χ4v) is 4.28. The van der Waals surface area contributed by atoms with E-state index in [0.717, 1.165) is 18.6 Å². The van der Waals surface area contributed by atoms with Crippen molar-refractivity contribution < 1.29 is 0 Å². The number of pyridine rings is 1. The smallest absolute Gasteiger partial charge is 0.0705 e. The van der Waals surface area contributed by atoms with Crippen molar-refractivity contribution in [1.82, 2.24) is 15.2 Å². The molecule has 3 heterocycles. The monoisotopic (exact) mass is 309 g/mol. The van der Waals surface area contributed by atoms with E-state index < -0.39 is 0 Å². The SMILES string of the molecule is c1ccc2nc(C3(CCN4CCCC4)CCNCC3)ccc2c1. The Morgan fingerprint density at radius 1 is 1.00 bits per heavy atom. The van der Waals surface area contributed by atoms with Crippen LogP contribution in [0.1, 0.15) is 37.8 Å². The van der Waals surface area contributed by atoms with Gasteiger partial charge in [0, 0.05) is 16.5 Å². The van der Waals surface area contributed by atoms with Gasteiger partial charge in [-0.2, -0.15) is 0 Å². The van der Waals surface area contributed by atoms with Gasteiger partial charge in [-0.15, -0.1) is 0 Å². The van der Waals surface area contributed by atoms with Gasteiger partial charge in [0.15, 0.2) is 0 Å². The molecule has 2 aliphatic rings. The average Bonchev–Trinajstić information content (AvgIpc) is 3.14. The van der Waals surface area contributed by atoms with Crippen LogP contribution >= 0.6 is 0 Å². The predicted molar refractivity (Wildman–Crippen MR) is 95.8 cm³/mol. The van der Waals surface area contributed by atoms with E-state index in [1.54, 1.807) is 0 Å². The van der Waals surface area contributed by atoms with Gasteiger partial charge >= 0.3 is 0 Å². The Morgan fingerprint density at radius 2 is 1.78 bits per heavy atom.